The van der Waals surface area contributed by atoms with Gasteiger partial charge in [-0.1, -0.05) is 18.5 Å². The first-order valence-corrected chi connectivity index (χ1v) is 6.74. The molecule has 0 saturated heterocycles. The molecule has 0 aliphatic carbocycles. The normalized spacial score (nSPS) is 10.6. The monoisotopic (exact) mass is 295 g/mol. The fourth-order valence-corrected chi connectivity index (χ4v) is 2.28. The van der Waals surface area contributed by atoms with Gasteiger partial charge in [0.25, 0.3) is 0 Å². The number of rotatable bonds is 5. The standard InChI is InChI=1S/C14H18ClN3O2/c1-4-11-12(8-18(2)17-11)16-7-9-5-10(15)6-13(20-3)14(9)19/h5-6,8,16,19H,4,7H2,1-3H3. The molecule has 0 unspecified atom stereocenters. The van der Waals surface area contributed by atoms with Gasteiger partial charge in [0.15, 0.2) is 11.5 Å². The van der Waals surface area contributed by atoms with Gasteiger partial charge in [-0.15, -0.1) is 0 Å². The Hall–Kier alpha value is -1.88. The molecule has 0 spiro atoms. The molecule has 2 N–H and O–H groups in total. The van der Waals surface area contributed by atoms with Crippen LogP contribution < -0.4 is 10.1 Å². The van der Waals surface area contributed by atoms with Crippen molar-refractivity contribution in [2.24, 2.45) is 7.05 Å². The van der Waals surface area contributed by atoms with Crippen LogP contribution in [-0.2, 0) is 20.0 Å². The molecule has 1 aromatic carbocycles. The van der Waals surface area contributed by atoms with E-state index in [1.807, 2.05) is 20.2 Å². The molecule has 0 fully saturated rings. The molecule has 0 bridgehead atoms. The zero-order valence-corrected chi connectivity index (χ0v) is 12.5. The fourth-order valence-electron chi connectivity index (χ4n) is 2.05. The van der Waals surface area contributed by atoms with Crippen LogP contribution >= 0.6 is 11.6 Å². The number of anilines is 1. The van der Waals surface area contributed by atoms with Gasteiger partial charge in [0.05, 0.1) is 18.5 Å². The van der Waals surface area contributed by atoms with E-state index in [1.165, 1.54) is 7.11 Å². The number of halogens is 1. The Morgan fingerprint density at radius 2 is 2.20 bits per heavy atom. The van der Waals surface area contributed by atoms with Gasteiger partial charge < -0.3 is 15.2 Å². The summed E-state index contributed by atoms with van der Waals surface area (Å²) >= 11 is 6.01. The first kappa shape index (κ1) is 14.5. The minimum atomic E-state index is 0.103. The van der Waals surface area contributed by atoms with Crippen molar-refractivity contribution < 1.29 is 9.84 Å². The van der Waals surface area contributed by atoms with Crippen LogP contribution in [0.1, 0.15) is 18.2 Å². The van der Waals surface area contributed by atoms with Gasteiger partial charge in [0.2, 0.25) is 0 Å². The highest BCUT2D eigenvalue weighted by Crippen LogP contribution is 2.33. The zero-order valence-electron chi connectivity index (χ0n) is 11.8. The third kappa shape index (κ3) is 2.99. The lowest BCUT2D eigenvalue weighted by Gasteiger charge is -2.11. The number of hydrogen-bond donors (Lipinski definition) is 2. The van der Waals surface area contributed by atoms with Gasteiger partial charge >= 0.3 is 0 Å². The third-order valence-electron chi connectivity index (χ3n) is 3.05. The van der Waals surface area contributed by atoms with Crippen molar-refractivity contribution >= 4 is 17.3 Å². The molecule has 0 atom stereocenters. The molecule has 0 aliphatic rings. The molecule has 0 radical (unpaired) electrons. The third-order valence-corrected chi connectivity index (χ3v) is 3.27. The van der Waals surface area contributed by atoms with Gasteiger partial charge in [-0.25, -0.2) is 0 Å². The second kappa shape index (κ2) is 6.05. The summed E-state index contributed by atoms with van der Waals surface area (Å²) in [6, 6.07) is 3.30. The Morgan fingerprint density at radius 1 is 1.45 bits per heavy atom. The lowest BCUT2D eigenvalue weighted by molar-refractivity contribution is 0.371. The number of benzene rings is 1. The molecular weight excluding hydrogens is 278 g/mol. The molecule has 1 heterocycles. The summed E-state index contributed by atoms with van der Waals surface area (Å²) in [6.45, 7) is 2.49. The average Bonchev–Trinajstić information content (AvgIpc) is 2.79. The SMILES string of the molecule is CCc1nn(C)cc1NCc1cc(Cl)cc(OC)c1O. The predicted octanol–water partition coefficient (Wildman–Crippen LogP) is 2.96. The van der Waals surface area contributed by atoms with Gasteiger partial charge in [-0.05, 0) is 12.5 Å². The molecular formula is C14H18ClN3O2. The number of ether oxygens (including phenoxy) is 1. The first-order chi connectivity index (χ1) is 9.55. The summed E-state index contributed by atoms with van der Waals surface area (Å²) < 4.78 is 6.85. The molecule has 20 heavy (non-hydrogen) atoms. The van der Waals surface area contributed by atoms with Crippen molar-refractivity contribution in [1.82, 2.24) is 9.78 Å². The Balaban J connectivity index is 2.20. The fraction of sp³-hybridized carbons (Fsp3) is 0.357. The minimum absolute atomic E-state index is 0.103. The lowest BCUT2D eigenvalue weighted by Crippen LogP contribution is -2.02. The highest BCUT2D eigenvalue weighted by Gasteiger charge is 2.11. The lowest BCUT2D eigenvalue weighted by atomic mass is 10.1. The smallest absolute Gasteiger partial charge is 0.162 e. The van der Waals surface area contributed by atoms with E-state index in [0.29, 0.717) is 22.9 Å². The highest BCUT2D eigenvalue weighted by molar-refractivity contribution is 6.30. The largest absolute Gasteiger partial charge is 0.504 e. The Labute approximate surface area is 123 Å². The first-order valence-electron chi connectivity index (χ1n) is 6.37. The minimum Gasteiger partial charge on any atom is -0.504 e. The van der Waals surface area contributed by atoms with Crippen LogP contribution in [0.3, 0.4) is 0 Å². The van der Waals surface area contributed by atoms with Crippen molar-refractivity contribution in [2.45, 2.75) is 19.9 Å². The van der Waals surface area contributed by atoms with Crippen LogP contribution in [0.2, 0.25) is 5.02 Å². The van der Waals surface area contributed by atoms with E-state index >= 15 is 0 Å². The average molecular weight is 296 g/mol. The highest BCUT2D eigenvalue weighted by atomic mass is 35.5. The van der Waals surface area contributed by atoms with Crippen LogP contribution in [-0.4, -0.2) is 22.0 Å². The van der Waals surface area contributed by atoms with E-state index in [-0.39, 0.29) is 5.75 Å². The summed E-state index contributed by atoms with van der Waals surface area (Å²) in [4.78, 5) is 0. The van der Waals surface area contributed by atoms with Crippen molar-refractivity contribution in [3.8, 4) is 11.5 Å². The van der Waals surface area contributed by atoms with E-state index < -0.39 is 0 Å². The maximum Gasteiger partial charge on any atom is 0.162 e. The van der Waals surface area contributed by atoms with E-state index in [0.717, 1.165) is 17.8 Å². The number of aromatic hydroxyl groups is 1. The number of nitrogens with one attached hydrogen (secondary N) is 1. The molecule has 108 valence electrons. The number of hydrogen-bond acceptors (Lipinski definition) is 4. The second-order valence-electron chi connectivity index (χ2n) is 4.49. The molecule has 0 aliphatic heterocycles. The number of aryl methyl sites for hydroxylation is 2. The summed E-state index contributed by atoms with van der Waals surface area (Å²) in [5.74, 6) is 0.475. The number of phenolic OH excluding ortho intramolecular Hbond substituents is 1. The molecule has 1 aromatic heterocycles. The van der Waals surface area contributed by atoms with Crippen LogP contribution in [0.4, 0.5) is 5.69 Å². The molecule has 0 amide bonds. The number of nitrogens with zero attached hydrogens (tertiary/aromatic N) is 2. The van der Waals surface area contributed by atoms with Gasteiger partial charge in [-0.3, -0.25) is 4.68 Å². The number of aromatic nitrogens is 2. The van der Waals surface area contributed by atoms with E-state index in [1.54, 1.807) is 16.8 Å². The molecule has 5 nitrogen and oxygen atoms in total. The van der Waals surface area contributed by atoms with Crippen LogP contribution in [0.5, 0.6) is 11.5 Å². The van der Waals surface area contributed by atoms with E-state index in [4.69, 9.17) is 16.3 Å². The van der Waals surface area contributed by atoms with E-state index in [9.17, 15) is 5.11 Å². The Morgan fingerprint density at radius 3 is 2.85 bits per heavy atom. The van der Waals surface area contributed by atoms with E-state index in [2.05, 4.69) is 10.4 Å². The Bertz CT molecular complexity index is 611. The predicted molar refractivity (Wildman–Crippen MR) is 79.6 cm³/mol. The molecule has 0 saturated carbocycles. The summed E-state index contributed by atoms with van der Waals surface area (Å²) in [5, 5.41) is 18.2. The van der Waals surface area contributed by atoms with Crippen molar-refractivity contribution in [2.75, 3.05) is 12.4 Å². The van der Waals surface area contributed by atoms with Crippen molar-refractivity contribution in [3.05, 3.63) is 34.6 Å². The second-order valence-corrected chi connectivity index (χ2v) is 4.92. The molecule has 2 rings (SSSR count). The van der Waals surface area contributed by atoms with Crippen LogP contribution in [0.25, 0.3) is 0 Å². The maximum absolute atomic E-state index is 10.1. The van der Waals surface area contributed by atoms with Crippen LogP contribution in [0, 0.1) is 0 Å². The van der Waals surface area contributed by atoms with Crippen LogP contribution in [0.15, 0.2) is 18.3 Å². The van der Waals surface area contributed by atoms with Gasteiger partial charge in [-0.2, -0.15) is 5.10 Å². The Kier molecular flexibility index (Phi) is 4.39. The molecule has 6 heteroatoms. The topological polar surface area (TPSA) is 59.3 Å². The van der Waals surface area contributed by atoms with Crippen molar-refractivity contribution in [1.29, 1.82) is 0 Å². The summed E-state index contributed by atoms with van der Waals surface area (Å²) in [7, 11) is 3.38. The van der Waals surface area contributed by atoms with Crippen molar-refractivity contribution in [3.63, 3.8) is 0 Å². The van der Waals surface area contributed by atoms with Gasteiger partial charge in [0, 0.05) is 36.4 Å². The summed E-state index contributed by atoms with van der Waals surface area (Å²) in [5.41, 5.74) is 2.62. The quantitative estimate of drug-likeness (QED) is 0.890. The summed E-state index contributed by atoms with van der Waals surface area (Å²) in [6.07, 6.45) is 2.76. The molecule has 2 aromatic rings. The maximum atomic E-state index is 10.1. The zero-order chi connectivity index (χ0) is 14.7. The number of phenols is 1. The number of methoxy groups -OCH3 is 1. The van der Waals surface area contributed by atoms with Gasteiger partial charge in [0.1, 0.15) is 0 Å².